The van der Waals surface area contributed by atoms with Crippen LogP contribution in [0.25, 0.3) is 22.0 Å². The highest BCUT2D eigenvalue weighted by atomic mass is 79.9. The molecule has 0 saturated carbocycles. The quantitative estimate of drug-likeness (QED) is 0.346. The number of rotatable bonds is 5. The number of benzene rings is 3. The van der Waals surface area contributed by atoms with Crippen LogP contribution in [0.1, 0.15) is 0 Å². The van der Waals surface area contributed by atoms with Crippen LogP contribution in [0.2, 0.25) is 0 Å². The van der Waals surface area contributed by atoms with Gasteiger partial charge in [-0.05, 0) is 51.8 Å². The molecule has 32 heavy (non-hydrogen) atoms. The largest absolute Gasteiger partial charge is 0.357 e. The zero-order chi connectivity index (χ0) is 23.0. The maximum Gasteiger partial charge on any atom is 0.265 e. The summed E-state index contributed by atoms with van der Waals surface area (Å²) in [7, 11) is -2.91. The number of aromatic nitrogens is 2. The van der Waals surface area contributed by atoms with E-state index in [9.17, 15) is 17.2 Å². The number of nitrogens with zero attached hydrogens (tertiary/aromatic N) is 2. The SMILES string of the molecule is CNc1ncc2cc(-c3cccc(NS(=O)(=O)c4cc(F)c(Br)cc4F)c3F)ccc2n1. The first kappa shape index (κ1) is 22.0. The molecule has 164 valence electrons. The Morgan fingerprint density at radius 1 is 1.00 bits per heavy atom. The summed E-state index contributed by atoms with van der Waals surface area (Å²) in [6.45, 7) is 0. The van der Waals surface area contributed by atoms with E-state index in [1.54, 1.807) is 31.4 Å². The molecule has 0 radical (unpaired) electrons. The molecule has 4 aromatic rings. The summed E-state index contributed by atoms with van der Waals surface area (Å²) in [6.07, 6.45) is 1.58. The summed E-state index contributed by atoms with van der Waals surface area (Å²) in [4.78, 5) is 7.48. The van der Waals surface area contributed by atoms with Gasteiger partial charge in [0.2, 0.25) is 5.95 Å². The summed E-state index contributed by atoms with van der Waals surface area (Å²) in [5.41, 5.74) is 0.787. The average molecular weight is 523 g/mol. The first-order valence-corrected chi connectivity index (χ1v) is 11.4. The third-order valence-corrected chi connectivity index (χ3v) is 6.61. The van der Waals surface area contributed by atoms with E-state index in [0.29, 0.717) is 34.5 Å². The van der Waals surface area contributed by atoms with Crippen molar-refractivity contribution < 1.29 is 21.6 Å². The standard InChI is InChI=1S/C21H14BrF3N4O2S/c1-26-21-27-10-12-7-11(5-6-17(12)28-21)13-3-2-4-18(20(13)25)29-32(30,31)19-9-15(23)14(22)8-16(19)24/h2-10,29H,1H3,(H,26,27,28). The fourth-order valence-electron chi connectivity index (χ4n) is 3.07. The lowest BCUT2D eigenvalue weighted by molar-refractivity contribution is 0.552. The monoisotopic (exact) mass is 522 g/mol. The van der Waals surface area contributed by atoms with Gasteiger partial charge in [0.05, 0.1) is 15.7 Å². The number of fused-ring (bicyclic) bond motifs is 1. The van der Waals surface area contributed by atoms with Crippen LogP contribution in [0.15, 0.2) is 64.1 Å². The number of halogens is 4. The Labute approximate surface area is 189 Å². The molecule has 0 aliphatic carbocycles. The van der Waals surface area contributed by atoms with Gasteiger partial charge in [-0.1, -0.05) is 18.2 Å². The van der Waals surface area contributed by atoms with E-state index in [4.69, 9.17) is 0 Å². The lowest BCUT2D eigenvalue weighted by Gasteiger charge is -2.13. The normalized spacial score (nSPS) is 11.5. The maximum absolute atomic E-state index is 15.2. The van der Waals surface area contributed by atoms with Gasteiger partial charge in [-0.15, -0.1) is 0 Å². The topological polar surface area (TPSA) is 84.0 Å². The molecule has 0 saturated heterocycles. The molecular weight excluding hydrogens is 509 g/mol. The molecule has 1 heterocycles. The Kier molecular flexibility index (Phi) is 5.78. The van der Waals surface area contributed by atoms with Crippen LogP contribution in [0, 0.1) is 17.5 Å². The highest BCUT2D eigenvalue weighted by molar-refractivity contribution is 9.10. The molecule has 11 heteroatoms. The second kappa shape index (κ2) is 8.40. The Bertz CT molecular complexity index is 1470. The molecule has 0 amide bonds. The lowest BCUT2D eigenvalue weighted by Crippen LogP contribution is -2.16. The van der Waals surface area contributed by atoms with Crippen LogP contribution in [0.5, 0.6) is 0 Å². The van der Waals surface area contributed by atoms with Crippen molar-refractivity contribution in [2.24, 2.45) is 0 Å². The zero-order valence-electron chi connectivity index (χ0n) is 16.3. The summed E-state index contributed by atoms with van der Waals surface area (Å²) in [6, 6.07) is 10.3. The Morgan fingerprint density at radius 3 is 2.53 bits per heavy atom. The van der Waals surface area contributed by atoms with Gasteiger partial charge in [-0.2, -0.15) is 0 Å². The van der Waals surface area contributed by atoms with E-state index in [1.807, 2.05) is 4.72 Å². The molecule has 0 aliphatic heterocycles. The minimum absolute atomic E-state index is 0.104. The van der Waals surface area contributed by atoms with E-state index >= 15 is 4.39 Å². The van der Waals surface area contributed by atoms with Crippen LogP contribution in [0.3, 0.4) is 0 Å². The molecular formula is C21H14BrF3N4O2S. The molecule has 6 nitrogen and oxygen atoms in total. The fraction of sp³-hybridized carbons (Fsp3) is 0.0476. The lowest BCUT2D eigenvalue weighted by atomic mass is 10.0. The van der Waals surface area contributed by atoms with Crippen molar-refractivity contribution >= 4 is 48.5 Å². The third kappa shape index (κ3) is 4.13. The van der Waals surface area contributed by atoms with Gasteiger partial charge in [-0.3, -0.25) is 4.72 Å². The second-order valence-electron chi connectivity index (χ2n) is 6.69. The highest BCUT2D eigenvalue weighted by Gasteiger charge is 2.23. The van der Waals surface area contributed by atoms with Gasteiger partial charge in [0.15, 0.2) is 5.82 Å². The molecule has 0 bridgehead atoms. The average Bonchev–Trinajstić information content (AvgIpc) is 2.76. The number of sulfonamides is 1. The summed E-state index contributed by atoms with van der Waals surface area (Å²) in [5, 5.41) is 3.48. The van der Waals surface area contributed by atoms with Crippen molar-refractivity contribution in [1.82, 2.24) is 9.97 Å². The Hall–Kier alpha value is -3.18. The molecule has 1 aromatic heterocycles. The van der Waals surface area contributed by atoms with E-state index in [2.05, 4.69) is 31.2 Å². The van der Waals surface area contributed by atoms with Gasteiger partial charge in [0.1, 0.15) is 16.5 Å². The number of nitrogens with one attached hydrogen (secondary N) is 2. The molecule has 0 spiro atoms. The first-order valence-electron chi connectivity index (χ1n) is 9.10. The Morgan fingerprint density at radius 2 is 1.78 bits per heavy atom. The molecule has 0 aliphatic rings. The predicted octanol–water partition coefficient (Wildman–Crippen LogP) is 5.32. The molecule has 0 fully saturated rings. The van der Waals surface area contributed by atoms with Gasteiger partial charge in [0, 0.05) is 24.2 Å². The van der Waals surface area contributed by atoms with Crippen LogP contribution < -0.4 is 10.0 Å². The van der Waals surface area contributed by atoms with Gasteiger partial charge < -0.3 is 5.32 Å². The Balaban J connectivity index is 1.73. The van der Waals surface area contributed by atoms with E-state index < -0.39 is 38.1 Å². The van der Waals surface area contributed by atoms with Crippen molar-refractivity contribution in [2.45, 2.75) is 4.90 Å². The van der Waals surface area contributed by atoms with Crippen LogP contribution in [-0.2, 0) is 10.0 Å². The molecule has 3 aromatic carbocycles. The van der Waals surface area contributed by atoms with Crippen LogP contribution in [0.4, 0.5) is 24.8 Å². The van der Waals surface area contributed by atoms with E-state index in [1.165, 1.54) is 18.2 Å². The van der Waals surface area contributed by atoms with Gasteiger partial charge in [-0.25, -0.2) is 31.6 Å². The zero-order valence-corrected chi connectivity index (χ0v) is 18.7. The minimum Gasteiger partial charge on any atom is -0.357 e. The molecule has 2 N–H and O–H groups in total. The van der Waals surface area contributed by atoms with Gasteiger partial charge >= 0.3 is 0 Å². The summed E-state index contributed by atoms with van der Waals surface area (Å²) >= 11 is 2.78. The van der Waals surface area contributed by atoms with Gasteiger partial charge in [0.25, 0.3) is 10.0 Å². The van der Waals surface area contributed by atoms with E-state index in [0.717, 1.165) is 0 Å². The third-order valence-electron chi connectivity index (χ3n) is 4.62. The number of anilines is 2. The first-order chi connectivity index (χ1) is 15.2. The van der Waals surface area contributed by atoms with E-state index in [-0.39, 0.29) is 10.0 Å². The van der Waals surface area contributed by atoms with Crippen molar-refractivity contribution in [3.8, 4) is 11.1 Å². The number of hydrogen-bond acceptors (Lipinski definition) is 5. The maximum atomic E-state index is 15.2. The van der Waals surface area contributed by atoms with Crippen LogP contribution >= 0.6 is 15.9 Å². The highest BCUT2D eigenvalue weighted by Crippen LogP contribution is 2.32. The van der Waals surface area contributed by atoms with Crippen molar-refractivity contribution in [1.29, 1.82) is 0 Å². The number of hydrogen-bond donors (Lipinski definition) is 2. The van der Waals surface area contributed by atoms with Crippen LogP contribution in [-0.4, -0.2) is 25.4 Å². The van der Waals surface area contributed by atoms with Crippen molar-refractivity contribution in [3.63, 3.8) is 0 Å². The predicted molar refractivity (Wildman–Crippen MR) is 119 cm³/mol. The second-order valence-corrected chi connectivity index (χ2v) is 9.19. The minimum atomic E-state index is -4.60. The van der Waals surface area contributed by atoms with Crippen molar-refractivity contribution in [2.75, 3.05) is 17.1 Å². The fourth-order valence-corrected chi connectivity index (χ4v) is 4.51. The summed E-state index contributed by atoms with van der Waals surface area (Å²) in [5.74, 6) is -2.59. The molecule has 4 rings (SSSR count). The van der Waals surface area contributed by atoms with Crippen molar-refractivity contribution in [3.05, 3.63) is 76.7 Å². The smallest absolute Gasteiger partial charge is 0.265 e. The molecule has 0 unspecified atom stereocenters. The summed E-state index contributed by atoms with van der Waals surface area (Å²) < 4.78 is 70.1. The molecule has 0 atom stereocenters.